The van der Waals surface area contributed by atoms with Crippen LogP contribution in [-0.4, -0.2) is 30.2 Å². The zero-order chi connectivity index (χ0) is 19.4. The van der Waals surface area contributed by atoms with Gasteiger partial charge in [0.05, 0.1) is 9.40 Å². The van der Waals surface area contributed by atoms with Crippen molar-refractivity contribution < 1.29 is 14.5 Å². The third-order valence-corrected chi connectivity index (χ3v) is 5.34. The normalized spacial score (nSPS) is 14.6. The van der Waals surface area contributed by atoms with Gasteiger partial charge in [-0.2, -0.15) is 0 Å². The molecule has 0 atom stereocenters. The second-order valence-electron chi connectivity index (χ2n) is 6.38. The summed E-state index contributed by atoms with van der Waals surface area (Å²) in [5.74, 6) is -0.263. The molecule has 27 heavy (non-hydrogen) atoms. The van der Waals surface area contributed by atoms with Crippen LogP contribution in [0.25, 0.3) is 0 Å². The highest BCUT2D eigenvalue weighted by molar-refractivity contribution is 9.10. The van der Waals surface area contributed by atoms with Gasteiger partial charge < -0.3 is 10.2 Å². The standard InChI is InChI=1S/C19H18BrN3O4/c20-17-6-3-15(11-18(17)23(26)27)21-19(25)14-7-9-22(10-8-14)16-4-1-13(12-24)2-5-16/h1-6,11-12,14H,7-10H2,(H,21,25). The number of hydrogen-bond donors (Lipinski definition) is 1. The number of halogens is 1. The van der Waals surface area contributed by atoms with E-state index in [4.69, 9.17) is 0 Å². The molecule has 0 spiro atoms. The van der Waals surface area contributed by atoms with Gasteiger partial charge in [0.1, 0.15) is 6.29 Å². The molecule has 2 aromatic carbocycles. The molecule has 0 aromatic heterocycles. The lowest BCUT2D eigenvalue weighted by molar-refractivity contribution is -0.385. The van der Waals surface area contributed by atoms with Crippen LogP contribution in [0.2, 0.25) is 0 Å². The van der Waals surface area contributed by atoms with Crippen LogP contribution < -0.4 is 10.2 Å². The van der Waals surface area contributed by atoms with Gasteiger partial charge in [-0.3, -0.25) is 19.7 Å². The predicted molar refractivity (Wildman–Crippen MR) is 106 cm³/mol. The first-order valence-electron chi connectivity index (χ1n) is 8.53. The Labute approximate surface area is 164 Å². The zero-order valence-electron chi connectivity index (χ0n) is 14.4. The molecule has 1 saturated heterocycles. The summed E-state index contributed by atoms with van der Waals surface area (Å²) in [6, 6.07) is 11.9. The minimum atomic E-state index is -0.492. The second-order valence-corrected chi connectivity index (χ2v) is 7.24. The first-order chi connectivity index (χ1) is 13.0. The number of amides is 1. The highest BCUT2D eigenvalue weighted by Crippen LogP contribution is 2.29. The molecule has 1 N–H and O–H groups in total. The van der Waals surface area contributed by atoms with Gasteiger partial charge in [-0.15, -0.1) is 0 Å². The molecule has 7 nitrogen and oxygen atoms in total. The van der Waals surface area contributed by atoms with Crippen molar-refractivity contribution in [2.75, 3.05) is 23.3 Å². The summed E-state index contributed by atoms with van der Waals surface area (Å²) in [6.45, 7) is 1.47. The quantitative estimate of drug-likeness (QED) is 0.438. The minimum absolute atomic E-state index is 0.0820. The van der Waals surface area contributed by atoms with Crippen LogP contribution in [0.15, 0.2) is 46.9 Å². The van der Waals surface area contributed by atoms with Crippen LogP contribution in [0.5, 0.6) is 0 Å². The van der Waals surface area contributed by atoms with Crippen molar-refractivity contribution in [3.63, 3.8) is 0 Å². The van der Waals surface area contributed by atoms with Crippen LogP contribution >= 0.6 is 15.9 Å². The SMILES string of the molecule is O=Cc1ccc(N2CCC(C(=O)Nc3ccc(Br)c([N+](=O)[O-])c3)CC2)cc1. The molecule has 1 amide bonds. The number of piperidine rings is 1. The number of anilines is 2. The number of carbonyl (C=O) groups excluding carboxylic acids is 2. The van der Waals surface area contributed by atoms with E-state index in [9.17, 15) is 19.7 Å². The summed E-state index contributed by atoms with van der Waals surface area (Å²) in [5, 5.41) is 13.8. The summed E-state index contributed by atoms with van der Waals surface area (Å²) >= 11 is 3.13. The number of hydrogen-bond acceptors (Lipinski definition) is 5. The number of rotatable bonds is 5. The first kappa shape index (κ1) is 19.0. The minimum Gasteiger partial charge on any atom is -0.371 e. The number of carbonyl (C=O) groups is 2. The number of nitro groups is 1. The Balaban J connectivity index is 1.59. The van der Waals surface area contributed by atoms with Gasteiger partial charge in [0.25, 0.3) is 5.69 Å². The Hall–Kier alpha value is -2.74. The zero-order valence-corrected chi connectivity index (χ0v) is 16.0. The van der Waals surface area contributed by atoms with E-state index < -0.39 is 4.92 Å². The largest absolute Gasteiger partial charge is 0.371 e. The topological polar surface area (TPSA) is 92.6 Å². The molecule has 0 aliphatic carbocycles. The fourth-order valence-electron chi connectivity index (χ4n) is 3.14. The number of aldehydes is 1. The third-order valence-electron chi connectivity index (χ3n) is 4.67. The van der Waals surface area contributed by atoms with Crippen molar-refractivity contribution in [3.8, 4) is 0 Å². The van der Waals surface area contributed by atoms with E-state index >= 15 is 0 Å². The Kier molecular flexibility index (Phi) is 5.85. The van der Waals surface area contributed by atoms with E-state index in [-0.39, 0.29) is 17.5 Å². The molecule has 0 radical (unpaired) electrons. The van der Waals surface area contributed by atoms with Crippen molar-refractivity contribution in [1.29, 1.82) is 0 Å². The van der Waals surface area contributed by atoms with Crippen molar-refractivity contribution >= 4 is 45.2 Å². The Bertz CT molecular complexity index is 862. The second kappa shape index (κ2) is 8.30. The number of benzene rings is 2. The van der Waals surface area contributed by atoms with E-state index in [2.05, 4.69) is 26.1 Å². The molecule has 0 unspecified atom stereocenters. The number of nitrogens with one attached hydrogen (secondary N) is 1. The summed E-state index contributed by atoms with van der Waals surface area (Å²) in [4.78, 5) is 36.0. The van der Waals surface area contributed by atoms with Gasteiger partial charge in [0.15, 0.2) is 0 Å². The van der Waals surface area contributed by atoms with E-state index in [1.54, 1.807) is 24.3 Å². The number of nitrogens with zero attached hydrogens (tertiary/aromatic N) is 2. The maximum atomic E-state index is 12.5. The Morgan fingerprint density at radius 2 is 1.85 bits per heavy atom. The lowest BCUT2D eigenvalue weighted by Crippen LogP contribution is -2.38. The van der Waals surface area contributed by atoms with Crippen LogP contribution in [0.1, 0.15) is 23.2 Å². The summed E-state index contributed by atoms with van der Waals surface area (Å²) in [5.41, 5.74) is 2.00. The molecule has 1 fully saturated rings. The maximum absolute atomic E-state index is 12.5. The van der Waals surface area contributed by atoms with Crippen LogP contribution in [0, 0.1) is 16.0 Å². The molecule has 8 heteroatoms. The van der Waals surface area contributed by atoms with Gasteiger partial charge in [-0.25, -0.2) is 0 Å². The van der Waals surface area contributed by atoms with Crippen molar-refractivity contribution in [3.05, 3.63) is 62.6 Å². The summed E-state index contributed by atoms with van der Waals surface area (Å²) < 4.78 is 0.374. The monoisotopic (exact) mass is 431 g/mol. The highest BCUT2D eigenvalue weighted by Gasteiger charge is 2.25. The average molecular weight is 432 g/mol. The molecule has 1 aliphatic rings. The molecule has 140 valence electrons. The molecule has 0 bridgehead atoms. The molecular weight excluding hydrogens is 414 g/mol. The molecule has 0 saturated carbocycles. The van der Waals surface area contributed by atoms with E-state index in [1.165, 1.54) is 6.07 Å². The molecular formula is C19H18BrN3O4. The van der Waals surface area contributed by atoms with Crippen molar-refractivity contribution in [2.24, 2.45) is 5.92 Å². The lowest BCUT2D eigenvalue weighted by atomic mass is 9.95. The lowest BCUT2D eigenvalue weighted by Gasteiger charge is -2.33. The molecule has 1 aliphatic heterocycles. The van der Waals surface area contributed by atoms with Gasteiger partial charge in [0.2, 0.25) is 5.91 Å². The summed E-state index contributed by atoms with van der Waals surface area (Å²) in [6.07, 6.45) is 2.20. The van der Waals surface area contributed by atoms with Gasteiger partial charge in [0, 0.05) is 42.0 Å². The van der Waals surface area contributed by atoms with E-state index in [0.29, 0.717) is 28.6 Å². The predicted octanol–water partition coefficient (Wildman–Crippen LogP) is 4.02. The van der Waals surface area contributed by atoms with Gasteiger partial charge >= 0.3 is 0 Å². The fourth-order valence-corrected chi connectivity index (χ4v) is 3.53. The third kappa shape index (κ3) is 4.51. The molecule has 1 heterocycles. The van der Waals surface area contributed by atoms with E-state index in [1.807, 2.05) is 12.1 Å². The van der Waals surface area contributed by atoms with Crippen molar-refractivity contribution in [1.82, 2.24) is 0 Å². The Morgan fingerprint density at radius 3 is 2.44 bits per heavy atom. The number of nitro benzene ring substituents is 1. The van der Waals surface area contributed by atoms with Gasteiger partial charge in [-0.1, -0.05) is 0 Å². The van der Waals surface area contributed by atoms with Crippen LogP contribution in [0.4, 0.5) is 17.1 Å². The maximum Gasteiger partial charge on any atom is 0.285 e. The van der Waals surface area contributed by atoms with E-state index in [0.717, 1.165) is 25.1 Å². The molecule has 3 rings (SSSR count). The van der Waals surface area contributed by atoms with Crippen LogP contribution in [0.3, 0.4) is 0 Å². The Morgan fingerprint density at radius 1 is 1.19 bits per heavy atom. The average Bonchev–Trinajstić information content (AvgIpc) is 2.69. The summed E-state index contributed by atoms with van der Waals surface area (Å²) in [7, 11) is 0. The fraction of sp³-hybridized carbons (Fsp3) is 0.263. The van der Waals surface area contributed by atoms with Gasteiger partial charge in [-0.05, 0) is 65.2 Å². The first-order valence-corrected chi connectivity index (χ1v) is 9.32. The van der Waals surface area contributed by atoms with Crippen molar-refractivity contribution in [2.45, 2.75) is 12.8 Å². The highest BCUT2D eigenvalue weighted by atomic mass is 79.9. The molecule has 2 aromatic rings. The smallest absolute Gasteiger partial charge is 0.285 e. The van der Waals surface area contributed by atoms with Crippen LogP contribution in [-0.2, 0) is 4.79 Å².